The summed E-state index contributed by atoms with van der Waals surface area (Å²) in [7, 11) is 0. The Balaban J connectivity index is 1.48. The van der Waals surface area contributed by atoms with Crippen molar-refractivity contribution in [2.45, 2.75) is 31.7 Å². The van der Waals surface area contributed by atoms with Gasteiger partial charge in [-0.2, -0.15) is 0 Å². The van der Waals surface area contributed by atoms with Crippen molar-refractivity contribution in [1.29, 1.82) is 0 Å². The van der Waals surface area contributed by atoms with Crippen LogP contribution >= 0.6 is 0 Å². The average Bonchev–Trinajstić information content (AvgIpc) is 3.08. The van der Waals surface area contributed by atoms with Crippen LogP contribution in [0.3, 0.4) is 0 Å². The lowest BCUT2D eigenvalue weighted by Crippen LogP contribution is -2.48. The first-order valence-corrected chi connectivity index (χ1v) is 6.61. The van der Waals surface area contributed by atoms with Crippen molar-refractivity contribution in [2.24, 2.45) is 0 Å². The maximum absolute atomic E-state index is 5.94. The van der Waals surface area contributed by atoms with E-state index in [-0.39, 0.29) is 6.10 Å². The van der Waals surface area contributed by atoms with Gasteiger partial charge in [0.2, 0.25) is 0 Å². The number of nitrogens with zero attached hydrogens (tertiary/aromatic N) is 5. The zero-order valence-corrected chi connectivity index (χ0v) is 10.6. The normalized spacial score (nSPS) is 26.9. The second-order valence-corrected chi connectivity index (χ2v) is 5.15. The molecule has 0 saturated carbocycles. The van der Waals surface area contributed by atoms with Gasteiger partial charge in [0.1, 0.15) is 5.82 Å². The number of fused-ring (bicyclic) bond motifs is 3. The molecule has 7 heteroatoms. The van der Waals surface area contributed by atoms with Crippen LogP contribution in [-0.4, -0.2) is 49.1 Å². The standard InChI is InChI=1S/C12H16N6O/c1-4-17(7-12-13-2-3-14-12)6-11-10(1)18-9(8-19-11)5-15-16-18/h2-3,5,10-11H,1,4,6-8H2,(H,13,14)/t10-,11-/m0/s1. The van der Waals surface area contributed by atoms with Gasteiger partial charge in [0.15, 0.2) is 0 Å². The fraction of sp³-hybridized carbons (Fsp3) is 0.583. The van der Waals surface area contributed by atoms with Gasteiger partial charge in [-0.25, -0.2) is 9.67 Å². The molecule has 2 atom stereocenters. The number of hydrogen-bond acceptors (Lipinski definition) is 5. The minimum absolute atomic E-state index is 0.206. The molecule has 0 radical (unpaired) electrons. The first-order chi connectivity index (χ1) is 9.40. The Morgan fingerprint density at radius 2 is 2.47 bits per heavy atom. The van der Waals surface area contributed by atoms with Crippen LogP contribution in [0.15, 0.2) is 18.6 Å². The molecular weight excluding hydrogens is 244 g/mol. The van der Waals surface area contributed by atoms with Gasteiger partial charge >= 0.3 is 0 Å². The van der Waals surface area contributed by atoms with Crippen LogP contribution in [-0.2, 0) is 17.9 Å². The highest BCUT2D eigenvalue weighted by molar-refractivity contribution is 5.01. The molecule has 100 valence electrons. The molecular formula is C12H16N6O. The number of likely N-dealkylation sites (tertiary alicyclic amines) is 1. The highest BCUT2D eigenvalue weighted by Crippen LogP contribution is 2.30. The highest BCUT2D eigenvalue weighted by Gasteiger charge is 2.36. The van der Waals surface area contributed by atoms with Gasteiger partial charge in [0, 0.05) is 25.5 Å². The number of ether oxygens (including phenoxy) is 1. The summed E-state index contributed by atoms with van der Waals surface area (Å²) in [5.41, 5.74) is 1.08. The van der Waals surface area contributed by atoms with Gasteiger partial charge in [-0.3, -0.25) is 4.90 Å². The van der Waals surface area contributed by atoms with E-state index in [2.05, 4.69) is 25.2 Å². The lowest BCUT2D eigenvalue weighted by Gasteiger charge is -2.40. The van der Waals surface area contributed by atoms with E-state index >= 15 is 0 Å². The van der Waals surface area contributed by atoms with Gasteiger partial charge < -0.3 is 9.72 Å². The van der Waals surface area contributed by atoms with Crippen LogP contribution in [0.1, 0.15) is 24.0 Å². The van der Waals surface area contributed by atoms with Crippen LogP contribution in [0.25, 0.3) is 0 Å². The summed E-state index contributed by atoms with van der Waals surface area (Å²) in [6.07, 6.45) is 6.70. The zero-order valence-electron chi connectivity index (χ0n) is 10.6. The number of nitrogens with one attached hydrogen (secondary N) is 1. The third-order valence-corrected chi connectivity index (χ3v) is 3.95. The Morgan fingerprint density at radius 1 is 1.47 bits per heavy atom. The van der Waals surface area contributed by atoms with Crippen molar-refractivity contribution in [3.8, 4) is 0 Å². The van der Waals surface area contributed by atoms with E-state index in [1.807, 2.05) is 10.9 Å². The van der Waals surface area contributed by atoms with Crippen molar-refractivity contribution < 1.29 is 4.74 Å². The second-order valence-electron chi connectivity index (χ2n) is 5.15. The number of aromatic nitrogens is 5. The van der Waals surface area contributed by atoms with Crippen molar-refractivity contribution in [3.05, 3.63) is 30.1 Å². The number of imidazole rings is 1. The maximum Gasteiger partial charge on any atom is 0.120 e. The topological polar surface area (TPSA) is 71.9 Å². The highest BCUT2D eigenvalue weighted by atomic mass is 16.5. The second kappa shape index (κ2) is 4.43. The molecule has 0 unspecified atom stereocenters. The molecule has 0 spiro atoms. The van der Waals surface area contributed by atoms with E-state index in [0.717, 1.165) is 37.6 Å². The van der Waals surface area contributed by atoms with Gasteiger partial charge in [0.05, 0.1) is 37.2 Å². The van der Waals surface area contributed by atoms with Gasteiger partial charge in [0.25, 0.3) is 0 Å². The van der Waals surface area contributed by atoms with Crippen LogP contribution < -0.4 is 0 Å². The molecule has 0 aliphatic carbocycles. The van der Waals surface area contributed by atoms with E-state index in [9.17, 15) is 0 Å². The lowest BCUT2D eigenvalue weighted by atomic mass is 10.0. The van der Waals surface area contributed by atoms with E-state index in [0.29, 0.717) is 12.6 Å². The molecule has 7 nitrogen and oxygen atoms in total. The summed E-state index contributed by atoms with van der Waals surface area (Å²) in [6.45, 7) is 3.42. The van der Waals surface area contributed by atoms with Crippen molar-refractivity contribution in [2.75, 3.05) is 13.1 Å². The largest absolute Gasteiger partial charge is 0.368 e. The Bertz CT molecular complexity index is 550. The minimum Gasteiger partial charge on any atom is -0.368 e. The fourth-order valence-corrected chi connectivity index (χ4v) is 2.99. The van der Waals surface area contributed by atoms with E-state index < -0.39 is 0 Å². The molecule has 1 fully saturated rings. The predicted molar refractivity (Wildman–Crippen MR) is 66.1 cm³/mol. The fourth-order valence-electron chi connectivity index (χ4n) is 2.99. The molecule has 2 aromatic heterocycles. The quantitative estimate of drug-likeness (QED) is 0.843. The summed E-state index contributed by atoms with van der Waals surface area (Å²) in [4.78, 5) is 9.80. The zero-order chi connectivity index (χ0) is 12.7. The van der Waals surface area contributed by atoms with Crippen LogP contribution in [0.5, 0.6) is 0 Å². The number of rotatable bonds is 2. The molecule has 1 saturated heterocycles. The molecule has 2 aliphatic rings. The van der Waals surface area contributed by atoms with E-state index in [4.69, 9.17) is 4.74 Å². The number of aromatic amines is 1. The molecule has 0 aromatic carbocycles. The Hall–Kier alpha value is -1.73. The molecule has 19 heavy (non-hydrogen) atoms. The van der Waals surface area contributed by atoms with Crippen LogP contribution in [0, 0.1) is 0 Å². The Morgan fingerprint density at radius 3 is 3.37 bits per heavy atom. The summed E-state index contributed by atoms with van der Waals surface area (Å²) in [6, 6.07) is 0.333. The molecule has 2 aliphatic heterocycles. The Kier molecular flexibility index (Phi) is 2.59. The Labute approximate surface area is 110 Å². The van der Waals surface area contributed by atoms with Crippen molar-refractivity contribution >= 4 is 0 Å². The monoisotopic (exact) mass is 260 g/mol. The maximum atomic E-state index is 5.94. The summed E-state index contributed by atoms with van der Waals surface area (Å²) < 4.78 is 7.98. The first-order valence-electron chi connectivity index (χ1n) is 6.61. The third kappa shape index (κ3) is 1.95. The number of piperidine rings is 1. The molecule has 4 rings (SSSR count). The molecule has 4 heterocycles. The molecule has 0 bridgehead atoms. The van der Waals surface area contributed by atoms with Crippen LogP contribution in [0.4, 0.5) is 0 Å². The van der Waals surface area contributed by atoms with Gasteiger partial charge in [-0.15, -0.1) is 5.10 Å². The molecule has 1 N–H and O–H groups in total. The first kappa shape index (κ1) is 11.1. The van der Waals surface area contributed by atoms with Gasteiger partial charge in [-0.05, 0) is 6.42 Å². The molecule has 0 amide bonds. The van der Waals surface area contributed by atoms with E-state index in [1.54, 1.807) is 12.4 Å². The van der Waals surface area contributed by atoms with Crippen molar-refractivity contribution in [3.63, 3.8) is 0 Å². The lowest BCUT2D eigenvalue weighted by molar-refractivity contribution is -0.0707. The SMILES string of the molecule is c1c[nH]c(CN2CC[C@H]3[C@H](C2)OCc2cnnn23)n1. The smallest absolute Gasteiger partial charge is 0.120 e. The minimum atomic E-state index is 0.206. The number of hydrogen-bond donors (Lipinski definition) is 1. The van der Waals surface area contributed by atoms with Crippen molar-refractivity contribution in [1.82, 2.24) is 29.9 Å². The third-order valence-electron chi connectivity index (χ3n) is 3.95. The van der Waals surface area contributed by atoms with E-state index in [1.165, 1.54) is 0 Å². The van der Waals surface area contributed by atoms with Crippen LogP contribution in [0.2, 0.25) is 0 Å². The summed E-state index contributed by atoms with van der Waals surface area (Å²) in [5.74, 6) is 1.01. The predicted octanol–water partition coefficient (Wildman–Crippen LogP) is 0.347. The van der Waals surface area contributed by atoms with Gasteiger partial charge in [-0.1, -0.05) is 5.21 Å². The summed E-state index contributed by atoms with van der Waals surface area (Å²) in [5, 5.41) is 8.17. The summed E-state index contributed by atoms with van der Waals surface area (Å²) >= 11 is 0. The number of H-pyrrole nitrogens is 1. The average molecular weight is 260 g/mol. The molecule has 2 aromatic rings.